The zero-order valence-corrected chi connectivity index (χ0v) is 9.15. The summed E-state index contributed by atoms with van der Waals surface area (Å²) in [6.07, 6.45) is 7.48. The van der Waals surface area contributed by atoms with E-state index in [1.54, 1.807) is 0 Å². The van der Waals surface area contributed by atoms with Crippen molar-refractivity contribution in [1.29, 1.82) is 0 Å². The van der Waals surface area contributed by atoms with Crippen molar-refractivity contribution >= 4 is 0 Å². The molecule has 1 saturated heterocycles. The Balaban J connectivity index is 1.61. The maximum absolute atomic E-state index is 10.4. The van der Waals surface area contributed by atoms with Crippen molar-refractivity contribution < 1.29 is 14.6 Å². The van der Waals surface area contributed by atoms with Crippen LogP contribution in [0.1, 0.15) is 44.9 Å². The minimum atomic E-state index is -0.856. The van der Waals surface area contributed by atoms with Crippen molar-refractivity contribution in [2.45, 2.75) is 57.0 Å². The van der Waals surface area contributed by atoms with Crippen molar-refractivity contribution in [1.82, 2.24) is 0 Å². The average Bonchev–Trinajstić information content (AvgIpc) is 2.78. The molecule has 4 unspecified atom stereocenters. The van der Waals surface area contributed by atoms with Gasteiger partial charge in [0.25, 0.3) is 0 Å². The molecule has 3 fully saturated rings. The van der Waals surface area contributed by atoms with Gasteiger partial charge in [0.15, 0.2) is 12.1 Å². The highest BCUT2D eigenvalue weighted by atomic mass is 16.7. The fraction of sp³-hybridized carbons (Fsp3) is 1.00. The Hall–Kier alpha value is -0.120. The fourth-order valence-electron chi connectivity index (χ4n) is 3.43. The second-order valence-electron chi connectivity index (χ2n) is 5.34. The Morgan fingerprint density at radius 3 is 2.73 bits per heavy atom. The number of hydrogen-bond acceptors (Lipinski definition) is 3. The lowest BCUT2D eigenvalue weighted by Crippen LogP contribution is -2.43. The van der Waals surface area contributed by atoms with Gasteiger partial charge in [-0.05, 0) is 44.4 Å². The molecule has 0 aromatic heterocycles. The number of hydrogen-bond donors (Lipinski definition) is 1. The van der Waals surface area contributed by atoms with Crippen molar-refractivity contribution in [3.05, 3.63) is 0 Å². The molecule has 0 spiro atoms. The third-order valence-electron chi connectivity index (χ3n) is 4.23. The van der Waals surface area contributed by atoms with E-state index in [2.05, 4.69) is 0 Å². The Bertz CT molecular complexity index is 237. The van der Waals surface area contributed by atoms with Crippen LogP contribution < -0.4 is 0 Å². The lowest BCUT2D eigenvalue weighted by molar-refractivity contribution is -0.316. The molecule has 1 aliphatic heterocycles. The first kappa shape index (κ1) is 10.1. The van der Waals surface area contributed by atoms with E-state index in [1.165, 1.54) is 6.42 Å². The SMILES string of the molecule is OC1(OC2CCCCO2)CC2CCC1C2. The van der Waals surface area contributed by atoms with Crippen LogP contribution in [0.5, 0.6) is 0 Å². The van der Waals surface area contributed by atoms with Gasteiger partial charge in [-0.25, -0.2) is 0 Å². The quantitative estimate of drug-likeness (QED) is 0.712. The smallest absolute Gasteiger partial charge is 0.171 e. The summed E-state index contributed by atoms with van der Waals surface area (Å²) in [5.74, 6) is 0.210. The highest BCUT2D eigenvalue weighted by Gasteiger charge is 2.52. The summed E-state index contributed by atoms with van der Waals surface area (Å²) < 4.78 is 11.3. The predicted octanol–water partition coefficient (Wildman–Crippen LogP) is 2.04. The van der Waals surface area contributed by atoms with Crippen LogP contribution in [0.2, 0.25) is 0 Å². The molecule has 3 rings (SSSR count). The molecule has 0 amide bonds. The van der Waals surface area contributed by atoms with Gasteiger partial charge < -0.3 is 14.6 Å². The highest BCUT2D eigenvalue weighted by Crippen LogP contribution is 2.51. The van der Waals surface area contributed by atoms with Gasteiger partial charge in [-0.2, -0.15) is 0 Å². The molecule has 0 radical (unpaired) electrons. The topological polar surface area (TPSA) is 38.7 Å². The van der Waals surface area contributed by atoms with E-state index >= 15 is 0 Å². The van der Waals surface area contributed by atoms with E-state index in [9.17, 15) is 5.11 Å². The summed E-state index contributed by atoms with van der Waals surface area (Å²) >= 11 is 0. The van der Waals surface area contributed by atoms with E-state index in [4.69, 9.17) is 9.47 Å². The highest BCUT2D eigenvalue weighted by molar-refractivity contribution is 4.96. The van der Waals surface area contributed by atoms with E-state index in [0.29, 0.717) is 11.8 Å². The molecule has 3 heteroatoms. The van der Waals surface area contributed by atoms with Crippen molar-refractivity contribution in [3.8, 4) is 0 Å². The number of aliphatic hydroxyl groups is 1. The maximum atomic E-state index is 10.4. The van der Waals surface area contributed by atoms with E-state index < -0.39 is 5.79 Å². The van der Waals surface area contributed by atoms with Gasteiger partial charge in [-0.3, -0.25) is 0 Å². The first-order valence-electron chi connectivity index (χ1n) is 6.28. The zero-order valence-electron chi connectivity index (χ0n) is 9.15. The van der Waals surface area contributed by atoms with Gasteiger partial charge in [0.05, 0.1) is 0 Å². The Kier molecular flexibility index (Phi) is 2.49. The van der Waals surface area contributed by atoms with Crippen molar-refractivity contribution in [2.75, 3.05) is 6.61 Å². The molecule has 2 saturated carbocycles. The Morgan fingerprint density at radius 1 is 1.20 bits per heavy atom. The second-order valence-corrected chi connectivity index (χ2v) is 5.34. The molecular formula is C12H20O3. The van der Waals surface area contributed by atoms with Crippen LogP contribution in [-0.2, 0) is 9.47 Å². The standard InChI is InChI=1S/C12H20O3/c13-12(8-9-4-5-10(12)7-9)15-11-3-1-2-6-14-11/h9-11,13H,1-8H2. The molecule has 0 aromatic rings. The molecule has 2 bridgehead atoms. The summed E-state index contributed by atoms with van der Waals surface area (Å²) in [5, 5.41) is 10.4. The van der Waals surface area contributed by atoms with Gasteiger partial charge in [-0.15, -0.1) is 0 Å². The van der Waals surface area contributed by atoms with Crippen LogP contribution in [0, 0.1) is 11.8 Å². The average molecular weight is 212 g/mol. The fourth-order valence-corrected chi connectivity index (χ4v) is 3.43. The largest absolute Gasteiger partial charge is 0.365 e. The van der Waals surface area contributed by atoms with Gasteiger partial charge in [0.2, 0.25) is 0 Å². The number of rotatable bonds is 2. The van der Waals surface area contributed by atoms with Crippen LogP contribution in [0.15, 0.2) is 0 Å². The number of ether oxygens (including phenoxy) is 2. The summed E-state index contributed by atoms with van der Waals surface area (Å²) in [4.78, 5) is 0. The molecular weight excluding hydrogens is 192 g/mol. The lowest BCUT2D eigenvalue weighted by atomic mass is 9.94. The predicted molar refractivity (Wildman–Crippen MR) is 55.1 cm³/mol. The third-order valence-corrected chi connectivity index (χ3v) is 4.23. The summed E-state index contributed by atoms with van der Waals surface area (Å²) in [5.41, 5.74) is 0. The molecule has 4 atom stereocenters. The zero-order chi connectivity index (χ0) is 10.3. The molecule has 3 aliphatic rings. The van der Waals surface area contributed by atoms with E-state index in [-0.39, 0.29) is 6.29 Å². The summed E-state index contributed by atoms with van der Waals surface area (Å²) in [6.45, 7) is 0.787. The molecule has 3 nitrogen and oxygen atoms in total. The monoisotopic (exact) mass is 212 g/mol. The van der Waals surface area contributed by atoms with Crippen molar-refractivity contribution in [3.63, 3.8) is 0 Å². The van der Waals surface area contributed by atoms with Gasteiger partial charge in [0, 0.05) is 18.9 Å². The van der Waals surface area contributed by atoms with E-state index in [0.717, 1.165) is 45.1 Å². The summed E-state index contributed by atoms with van der Waals surface area (Å²) in [7, 11) is 0. The Labute approximate surface area is 90.8 Å². The molecule has 2 aliphatic carbocycles. The van der Waals surface area contributed by atoms with Gasteiger partial charge in [0.1, 0.15) is 0 Å². The van der Waals surface area contributed by atoms with Crippen LogP contribution in [0.4, 0.5) is 0 Å². The lowest BCUT2D eigenvalue weighted by Gasteiger charge is -2.36. The first-order valence-corrected chi connectivity index (χ1v) is 6.28. The van der Waals surface area contributed by atoms with Crippen LogP contribution in [0.3, 0.4) is 0 Å². The third kappa shape index (κ3) is 1.81. The molecule has 15 heavy (non-hydrogen) atoms. The van der Waals surface area contributed by atoms with Gasteiger partial charge >= 0.3 is 0 Å². The molecule has 86 valence electrons. The summed E-state index contributed by atoms with van der Waals surface area (Å²) in [6, 6.07) is 0. The first-order chi connectivity index (χ1) is 7.26. The molecule has 1 heterocycles. The molecule has 0 aromatic carbocycles. The van der Waals surface area contributed by atoms with Gasteiger partial charge in [-0.1, -0.05) is 0 Å². The second kappa shape index (κ2) is 3.72. The van der Waals surface area contributed by atoms with Crippen LogP contribution in [-0.4, -0.2) is 23.8 Å². The normalized spacial score (nSPS) is 49.8. The van der Waals surface area contributed by atoms with E-state index in [1.807, 2.05) is 0 Å². The Morgan fingerprint density at radius 2 is 2.13 bits per heavy atom. The van der Waals surface area contributed by atoms with Crippen molar-refractivity contribution in [2.24, 2.45) is 11.8 Å². The molecule has 1 N–H and O–H groups in total. The minimum Gasteiger partial charge on any atom is -0.365 e. The van der Waals surface area contributed by atoms with Crippen LogP contribution >= 0.6 is 0 Å². The number of fused-ring (bicyclic) bond motifs is 2. The van der Waals surface area contributed by atoms with Crippen LogP contribution in [0.25, 0.3) is 0 Å². The maximum Gasteiger partial charge on any atom is 0.171 e. The minimum absolute atomic E-state index is 0.150.